The van der Waals surface area contributed by atoms with E-state index in [2.05, 4.69) is 5.16 Å². The van der Waals surface area contributed by atoms with Gasteiger partial charge in [-0.05, 0) is 36.8 Å². The molecular formula is C13H19N3O2S. The lowest BCUT2D eigenvalue weighted by Crippen LogP contribution is -2.44. The van der Waals surface area contributed by atoms with Gasteiger partial charge in [0.15, 0.2) is 5.84 Å². The molecule has 1 fully saturated rings. The average molecular weight is 281 g/mol. The van der Waals surface area contributed by atoms with Crippen molar-refractivity contribution >= 4 is 23.1 Å². The van der Waals surface area contributed by atoms with Crippen molar-refractivity contribution in [2.75, 3.05) is 6.54 Å². The van der Waals surface area contributed by atoms with Gasteiger partial charge >= 0.3 is 0 Å². The molecule has 0 spiro atoms. The first-order chi connectivity index (χ1) is 9.13. The molecule has 104 valence electrons. The molecule has 0 atom stereocenters. The first-order valence-corrected chi connectivity index (χ1v) is 7.33. The number of nitrogens with zero attached hydrogens (tertiary/aromatic N) is 2. The Morgan fingerprint density at radius 3 is 2.79 bits per heavy atom. The average Bonchev–Trinajstić information content (AvgIpc) is 3.05. The lowest BCUT2D eigenvalue weighted by molar-refractivity contribution is 0.0716. The van der Waals surface area contributed by atoms with E-state index in [0.717, 1.165) is 36.1 Å². The minimum atomic E-state index is -0.00833. The van der Waals surface area contributed by atoms with Gasteiger partial charge in [0, 0.05) is 6.04 Å². The van der Waals surface area contributed by atoms with Gasteiger partial charge in [-0.25, -0.2) is 0 Å². The molecule has 3 N–H and O–H groups in total. The normalized spacial score (nSPS) is 16.8. The number of aryl methyl sites for hydroxylation is 1. The van der Waals surface area contributed by atoms with Crippen molar-refractivity contribution < 1.29 is 10.0 Å². The highest BCUT2D eigenvalue weighted by Gasteiger charge is 2.29. The Kier molecular flexibility index (Phi) is 4.42. The molecule has 2 rings (SSSR count). The van der Waals surface area contributed by atoms with Crippen molar-refractivity contribution in [2.24, 2.45) is 10.9 Å². The Hall–Kier alpha value is -1.56. The van der Waals surface area contributed by atoms with Crippen molar-refractivity contribution in [1.29, 1.82) is 0 Å². The van der Waals surface area contributed by atoms with Crippen LogP contribution in [-0.2, 0) is 0 Å². The number of amides is 1. The van der Waals surface area contributed by atoms with Crippen LogP contribution in [-0.4, -0.2) is 34.4 Å². The Bertz CT molecular complexity index is 478. The third-order valence-electron chi connectivity index (χ3n) is 3.54. The summed E-state index contributed by atoms with van der Waals surface area (Å²) >= 11 is 1.45. The van der Waals surface area contributed by atoms with Gasteiger partial charge in [-0.2, -0.15) is 0 Å². The Labute approximate surface area is 116 Å². The number of hydrogen-bond acceptors (Lipinski definition) is 4. The van der Waals surface area contributed by atoms with Gasteiger partial charge in [0.25, 0.3) is 5.91 Å². The molecule has 19 heavy (non-hydrogen) atoms. The Morgan fingerprint density at radius 1 is 1.58 bits per heavy atom. The summed E-state index contributed by atoms with van der Waals surface area (Å²) < 4.78 is 0. The molecule has 0 radical (unpaired) electrons. The molecule has 1 aromatic rings. The van der Waals surface area contributed by atoms with Crippen LogP contribution in [0.15, 0.2) is 16.6 Å². The summed E-state index contributed by atoms with van der Waals surface area (Å²) in [5.74, 6) is 0.0699. The topological polar surface area (TPSA) is 78.9 Å². The number of hydrogen-bond donors (Lipinski definition) is 2. The smallest absolute Gasteiger partial charge is 0.264 e. The molecule has 1 saturated carbocycles. The molecule has 0 saturated heterocycles. The zero-order valence-electron chi connectivity index (χ0n) is 11.0. The highest BCUT2D eigenvalue weighted by molar-refractivity contribution is 7.12. The van der Waals surface area contributed by atoms with E-state index in [0.29, 0.717) is 0 Å². The number of carbonyl (C=O) groups excluding carboxylic acids is 1. The number of oxime groups is 1. The second-order valence-corrected chi connectivity index (χ2v) is 5.81. The van der Waals surface area contributed by atoms with E-state index < -0.39 is 0 Å². The molecule has 1 aliphatic carbocycles. The summed E-state index contributed by atoms with van der Waals surface area (Å²) in [6.07, 6.45) is 4.26. The predicted molar refractivity (Wildman–Crippen MR) is 75.8 cm³/mol. The molecule has 1 aliphatic rings. The summed E-state index contributed by atoms with van der Waals surface area (Å²) in [6.45, 7) is 2.12. The van der Waals surface area contributed by atoms with E-state index in [-0.39, 0.29) is 24.3 Å². The minimum absolute atomic E-state index is 0.00833. The minimum Gasteiger partial charge on any atom is -0.409 e. The van der Waals surface area contributed by atoms with Crippen LogP contribution in [0.5, 0.6) is 0 Å². The number of rotatable bonds is 4. The largest absolute Gasteiger partial charge is 0.409 e. The molecule has 5 nitrogen and oxygen atoms in total. The number of amidine groups is 1. The highest BCUT2D eigenvalue weighted by atomic mass is 32.1. The Morgan fingerprint density at radius 2 is 2.26 bits per heavy atom. The molecule has 6 heteroatoms. The van der Waals surface area contributed by atoms with Gasteiger partial charge in [0.1, 0.15) is 0 Å². The van der Waals surface area contributed by atoms with E-state index in [1.165, 1.54) is 11.3 Å². The molecule has 0 aliphatic heterocycles. The summed E-state index contributed by atoms with van der Waals surface area (Å²) in [5.41, 5.74) is 6.56. The third kappa shape index (κ3) is 3.07. The predicted octanol–water partition coefficient (Wildman–Crippen LogP) is 2.19. The van der Waals surface area contributed by atoms with Crippen LogP contribution in [0.1, 0.15) is 40.9 Å². The third-order valence-corrected chi connectivity index (χ3v) is 4.55. The maximum absolute atomic E-state index is 12.6. The summed E-state index contributed by atoms with van der Waals surface area (Å²) in [5, 5.41) is 13.6. The summed E-state index contributed by atoms with van der Waals surface area (Å²) in [6, 6.07) is 2.14. The molecule has 0 unspecified atom stereocenters. The van der Waals surface area contributed by atoms with E-state index in [9.17, 15) is 4.79 Å². The standard InChI is InChI=1S/C13H19N3O2S/c1-9-6-7-19-12(9)13(17)16(8-11(14)15-18)10-4-2-3-5-10/h6-7,10,18H,2-5,8H2,1H3,(H2,14,15). The fraction of sp³-hybridized carbons (Fsp3) is 0.538. The Balaban J connectivity index is 2.21. The van der Waals surface area contributed by atoms with Crippen LogP contribution in [0.25, 0.3) is 0 Å². The zero-order chi connectivity index (χ0) is 13.8. The lowest BCUT2D eigenvalue weighted by Gasteiger charge is -2.28. The van der Waals surface area contributed by atoms with Crippen LogP contribution in [0.3, 0.4) is 0 Å². The van der Waals surface area contributed by atoms with Gasteiger partial charge in [0.05, 0.1) is 11.4 Å². The fourth-order valence-electron chi connectivity index (χ4n) is 2.51. The molecular weight excluding hydrogens is 262 g/mol. The monoisotopic (exact) mass is 281 g/mol. The quantitative estimate of drug-likeness (QED) is 0.384. The highest BCUT2D eigenvalue weighted by Crippen LogP contribution is 2.27. The van der Waals surface area contributed by atoms with E-state index >= 15 is 0 Å². The zero-order valence-corrected chi connectivity index (χ0v) is 11.8. The number of carbonyl (C=O) groups is 1. The SMILES string of the molecule is Cc1ccsc1C(=O)N(CC(N)=NO)C1CCCC1. The van der Waals surface area contributed by atoms with Crippen molar-refractivity contribution in [3.63, 3.8) is 0 Å². The summed E-state index contributed by atoms with van der Waals surface area (Å²) in [4.78, 5) is 15.1. The summed E-state index contributed by atoms with van der Waals surface area (Å²) in [7, 11) is 0. The van der Waals surface area contributed by atoms with Gasteiger partial charge in [-0.3, -0.25) is 4.79 Å². The second-order valence-electron chi connectivity index (χ2n) is 4.90. The maximum atomic E-state index is 12.6. The van der Waals surface area contributed by atoms with Crippen molar-refractivity contribution in [2.45, 2.75) is 38.6 Å². The first kappa shape index (κ1) is 13.9. The van der Waals surface area contributed by atoms with Crippen LogP contribution in [0.2, 0.25) is 0 Å². The van der Waals surface area contributed by atoms with E-state index in [1.54, 1.807) is 4.90 Å². The first-order valence-electron chi connectivity index (χ1n) is 6.45. The van der Waals surface area contributed by atoms with Gasteiger partial charge in [0.2, 0.25) is 0 Å². The van der Waals surface area contributed by atoms with Gasteiger partial charge in [-0.15, -0.1) is 11.3 Å². The molecule has 0 bridgehead atoms. The van der Waals surface area contributed by atoms with Crippen molar-refractivity contribution in [1.82, 2.24) is 4.90 Å². The van der Waals surface area contributed by atoms with Crippen LogP contribution in [0.4, 0.5) is 0 Å². The number of nitrogens with two attached hydrogens (primary N) is 1. The van der Waals surface area contributed by atoms with E-state index in [4.69, 9.17) is 10.9 Å². The molecule has 1 heterocycles. The van der Waals surface area contributed by atoms with Crippen LogP contribution in [0, 0.1) is 6.92 Å². The van der Waals surface area contributed by atoms with Crippen molar-refractivity contribution in [3.05, 3.63) is 21.9 Å². The van der Waals surface area contributed by atoms with E-state index in [1.807, 2.05) is 18.4 Å². The molecule has 1 aromatic heterocycles. The molecule has 1 amide bonds. The van der Waals surface area contributed by atoms with Crippen LogP contribution < -0.4 is 5.73 Å². The second kappa shape index (κ2) is 6.06. The maximum Gasteiger partial charge on any atom is 0.264 e. The fourth-order valence-corrected chi connectivity index (χ4v) is 3.39. The molecule has 0 aromatic carbocycles. The van der Waals surface area contributed by atoms with Gasteiger partial charge < -0.3 is 15.8 Å². The lowest BCUT2D eigenvalue weighted by atomic mass is 10.1. The van der Waals surface area contributed by atoms with Crippen molar-refractivity contribution in [3.8, 4) is 0 Å². The number of thiophene rings is 1. The van der Waals surface area contributed by atoms with Gasteiger partial charge in [-0.1, -0.05) is 18.0 Å². The van der Waals surface area contributed by atoms with Crippen LogP contribution >= 0.6 is 11.3 Å².